The van der Waals surface area contributed by atoms with Gasteiger partial charge in [0.25, 0.3) is 0 Å². The summed E-state index contributed by atoms with van der Waals surface area (Å²) in [5.74, 6) is 0.760. The first-order chi connectivity index (χ1) is 7.53. The monoisotopic (exact) mass is 224 g/mol. The van der Waals surface area contributed by atoms with Crippen molar-refractivity contribution in [3.63, 3.8) is 0 Å². The minimum absolute atomic E-state index is 0.223. The number of hydrogen-bond donors (Lipinski definition) is 1. The lowest BCUT2D eigenvalue weighted by Crippen LogP contribution is -2.55. The van der Waals surface area contributed by atoms with Crippen molar-refractivity contribution in [1.29, 1.82) is 0 Å². The standard InChI is InChI=1S/C13H24N2O/c1-10(2)9-15(11-5-6-11)12(16)13(14)7-3-4-8-13/h10-11H,3-9,14H2,1-2H3. The van der Waals surface area contributed by atoms with Crippen molar-refractivity contribution in [2.75, 3.05) is 6.54 Å². The van der Waals surface area contributed by atoms with Crippen LogP contribution in [-0.2, 0) is 4.79 Å². The molecule has 0 unspecified atom stereocenters. The molecule has 2 saturated carbocycles. The Balaban J connectivity index is 2.04. The summed E-state index contributed by atoms with van der Waals surface area (Å²) >= 11 is 0. The second-order valence-corrected chi connectivity index (χ2v) is 5.95. The quantitative estimate of drug-likeness (QED) is 0.793. The highest BCUT2D eigenvalue weighted by atomic mass is 16.2. The third-order valence-corrected chi connectivity index (χ3v) is 3.73. The Kier molecular flexibility index (Phi) is 3.24. The van der Waals surface area contributed by atoms with Gasteiger partial charge in [0.15, 0.2) is 0 Å². The van der Waals surface area contributed by atoms with E-state index in [-0.39, 0.29) is 5.91 Å². The molecule has 0 atom stereocenters. The van der Waals surface area contributed by atoms with E-state index in [1.807, 2.05) is 0 Å². The number of amides is 1. The molecule has 0 saturated heterocycles. The number of nitrogens with two attached hydrogens (primary N) is 1. The van der Waals surface area contributed by atoms with Crippen LogP contribution in [0.3, 0.4) is 0 Å². The largest absolute Gasteiger partial charge is 0.338 e. The molecule has 3 heteroatoms. The minimum Gasteiger partial charge on any atom is -0.338 e. The number of carbonyl (C=O) groups excluding carboxylic acids is 1. The zero-order valence-electron chi connectivity index (χ0n) is 10.5. The highest BCUT2D eigenvalue weighted by Gasteiger charge is 2.44. The molecule has 2 fully saturated rings. The molecule has 0 spiro atoms. The Bertz CT molecular complexity index is 265. The summed E-state index contributed by atoms with van der Waals surface area (Å²) in [5.41, 5.74) is 5.72. The molecular weight excluding hydrogens is 200 g/mol. The van der Waals surface area contributed by atoms with E-state index in [9.17, 15) is 4.79 Å². The number of carbonyl (C=O) groups is 1. The summed E-state index contributed by atoms with van der Waals surface area (Å²) in [4.78, 5) is 14.6. The topological polar surface area (TPSA) is 46.3 Å². The van der Waals surface area contributed by atoms with Gasteiger partial charge in [-0.25, -0.2) is 0 Å². The summed E-state index contributed by atoms with van der Waals surface area (Å²) in [6.07, 6.45) is 6.34. The summed E-state index contributed by atoms with van der Waals surface area (Å²) in [5, 5.41) is 0. The van der Waals surface area contributed by atoms with Gasteiger partial charge in [-0.15, -0.1) is 0 Å². The third kappa shape index (κ3) is 2.40. The van der Waals surface area contributed by atoms with Crippen molar-refractivity contribution in [1.82, 2.24) is 4.90 Å². The Morgan fingerprint density at radius 1 is 1.38 bits per heavy atom. The molecule has 2 N–H and O–H groups in total. The first-order valence-electron chi connectivity index (χ1n) is 6.63. The molecule has 1 amide bonds. The van der Waals surface area contributed by atoms with Crippen LogP contribution in [0, 0.1) is 5.92 Å². The van der Waals surface area contributed by atoms with Gasteiger partial charge in [-0.1, -0.05) is 26.7 Å². The predicted molar refractivity (Wildman–Crippen MR) is 65.0 cm³/mol. The Morgan fingerprint density at radius 3 is 2.38 bits per heavy atom. The lowest BCUT2D eigenvalue weighted by Gasteiger charge is -2.32. The van der Waals surface area contributed by atoms with Crippen LogP contribution in [0.1, 0.15) is 52.4 Å². The van der Waals surface area contributed by atoms with Gasteiger partial charge in [-0.3, -0.25) is 4.79 Å². The molecule has 0 aromatic carbocycles. The highest BCUT2D eigenvalue weighted by molar-refractivity contribution is 5.87. The van der Waals surface area contributed by atoms with Crippen molar-refractivity contribution in [3.8, 4) is 0 Å². The molecule has 0 aliphatic heterocycles. The number of hydrogen-bond acceptors (Lipinski definition) is 2. The smallest absolute Gasteiger partial charge is 0.242 e. The highest BCUT2D eigenvalue weighted by Crippen LogP contribution is 2.34. The van der Waals surface area contributed by atoms with Crippen molar-refractivity contribution in [2.45, 2.75) is 64.0 Å². The fourth-order valence-corrected chi connectivity index (χ4v) is 2.68. The molecule has 16 heavy (non-hydrogen) atoms. The average Bonchev–Trinajstić information content (AvgIpc) is 2.97. The van der Waals surface area contributed by atoms with Crippen LogP contribution in [-0.4, -0.2) is 28.9 Å². The fourth-order valence-electron chi connectivity index (χ4n) is 2.68. The summed E-state index contributed by atoms with van der Waals surface area (Å²) < 4.78 is 0. The van der Waals surface area contributed by atoms with Gasteiger partial charge in [0.1, 0.15) is 0 Å². The summed E-state index contributed by atoms with van der Waals surface area (Å²) in [6.45, 7) is 5.21. The van der Waals surface area contributed by atoms with E-state index in [0.717, 1.165) is 32.2 Å². The van der Waals surface area contributed by atoms with E-state index < -0.39 is 5.54 Å². The second-order valence-electron chi connectivity index (χ2n) is 5.95. The van der Waals surface area contributed by atoms with E-state index in [4.69, 9.17) is 5.73 Å². The van der Waals surface area contributed by atoms with Gasteiger partial charge < -0.3 is 10.6 Å². The second kappa shape index (κ2) is 4.36. The van der Waals surface area contributed by atoms with Crippen molar-refractivity contribution < 1.29 is 4.79 Å². The molecular formula is C13H24N2O. The summed E-state index contributed by atoms with van der Waals surface area (Å²) in [7, 11) is 0. The van der Waals surface area contributed by atoms with Crippen LogP contribution in [0.25, 0.3) is 0 Å². The summed E-state index contributed by atoms with van der Waals surface area (Å²) in [6, 6.07) is 0.496. The normalized spacial score (nSPS) is 23.8. The Hall–Kier alpha value is -0.570. The van der Waals surface area contributed by atoms with E-state index in [0.29, 0.717) is 12.0 Å². The van der Waals surface area contributed by atoms with Gasteiger partial charge in [-0.05, 0) is 31.6 Å². The number of rotatable bonds is 4. The Morgan fingerprint density at radius 2 is 1.94 bits per heavy atom. The predicted octanol–water partition coefficient (Wildman–Crippen LogP) is 1.90. The van der Waals surface area contributed by atoms with Crippen LogP contribution in [0.5, 0.6) is 0 Å². The average molecular weight is 224 g/mol. The molecule has 2 aliphatic rings. The van der Waals surface area contributed by atoms with E-state index in [1.165, 1.54) is 12.8 Å². The van der Waals surface area contributed by atoms with E-state index in [1.54, 1.807) is 0 Å². The number of nitrogens with zero attached hydrogens (tertiary/aromatic N) is 1. The molecule has 2 aliphatic carbocycles. The zero-order chi connectivity index (χ0) is 11.8. The molecule has 0 bridgehead atoms. The van der Waals surface area contributed by atoms with E-state index >= 15 is 0 Å². The van der Waals surface area contributed by atoms with Gasteiger partial charge >= 0.3 is 0 Å². The Labute approximate surface area is 98.4 Å². The fraction of sp³-hybridized carbons (Fsp3) is 0.923. The van der Waals surface area contributed by atoms with Crippen LogP contribution in [0.2, 0.25) is 0 Å². The first-order valence-corrected chi connectivity index (χ1v) is 6.63. The van der Waals surface area contributed by atoms with Crippen LogP contribution in [0.4, 0.5) is 0 Å². The van der Waals surface area contributed by atoms with Gasteiger partial charge in [-0.2, -0.15) is 0 Å². The third-order valence-electron chi connectivity index (χ3n) is 3.73. The van der Waals surface area contributed by atoms with Gasteiger partial charge in [0.2, 0.25) is 5.91 Å². The SMILES string of the molecule is CC(C)CN(C(=O)C1(N)CCCC1)C1CC1. The van der Waals surface area contributed by atoms with Crippen LogP contribution < -0.4 is 5.73 Å². The molecule has 0 aromatic heterocycles. The molecule has 0 heterocycles. The lowest BCUT2D eigenvalue weighted by atomic mass is 9.96. The van der Waals surface area contributed by atoms with E-state index in [2.05, 4.69) is 18.7 Å². The van der Waals surface area contributed by atoms with Gasteiger partial charge in [0.05, 0.1) is 5.54 Å². The van der Waals surface area contributed by atoms with Crippen LogP contribution in [0.15, 0.2) is 0 Å². The maximum Gasteiger partial charge on any atom is 0.242 e. The first kappa shape index (κ1) is 11.9. The molecule has 92 valence electrons. The maximum atomic E-state index is 12.5. The maximum absolute atomic E-state index is 12.5. The van der Waals surface area contributed by atoms with Crippen molar-refractivity contribution in [3.05, 3.63) is 0 Å². The minimum atomic E-state index is -0.530. The van der Waals surface area contributed by atoms with Crippen molar-refractivity contribution >= 4 is 5.91 Å². The molecule has 2 rings (SSSR count). The molecule has 0 aromatic rings. The molecule has 0 radical (unpaired) electrons. The lowest BCUT2D eigenvalue weighted by molar-refractivity contribution is -0.138. The van der Waals surface area contributed by atoms with Crippen molar-refractivity contribution in [2.24, 2.45) is 11.7 Å². The zero-order valence-corrected chi connectivity index (χ0v) is 10.5. The van der Waals surface area contributed by atoms with Gasteiger partial charge in [0, 0.05) is 12.6 Å². The van der Waals surface area contributed by atoms with Crippen LogP contribution >= 0.6 is 0 Å². The molecule has 3 nitrogen and oxygen atoms in total.